The summed E-state index contributed by atoms with van der Waals surface area (Å²) in [6.45, 7) is 3.89. The van der Waals surface area contributed by atoms with Crippen LogP contribution in [-0.2, 0) is 0 Å². The molecule has 1 atom stereocenters. The third kappa shape index (κ3) is 2.37. The number of nitrogens with one attached hydrogen (secondary N) is 1. The number of aliphatic hydroxyl groups is 1. The molecule has 0 spiro atoms. The minimum atomic E-state index is -0.322. The van der Waals surface area contributed by atoms with Gasteiger partial charge in [0.15, 0.2) is 0 Å². The molecule has 0 aromatic heterocycles. The molecule has 4 heteroatoms. The predicted molar refractivity (Wildman–Crippen MR) is 45.9 cm³/mol. The molecule has 0 aliphatic carbocycles. The van der Waals surface area contributed by atoms with Gasteiger partial charge < -0.3 is 15.3 Å². The van der Waals surface area contributed by atoms with E-state index in [1.807, 2.05) is 6.92 Å². The number of urea groups is 1. The molecule has 1 unspecified atom stereocenters. The lowest BCUT2D eigenvalue weighted by atomic mass is 10.3. The lowest BCUT2D eigenvalue weighted by Gasteiger charge is -2.15. The normalized spacial score (nSPS) is 22.8. The minimum Gasteiger partial charge on any atom is -0.391 e. The topological polar surface area (TPSA) is 52.6 Å². The van der Waals surface area contributed by atoms with Gasteiger partial charge in [-0.05, 0) is 12.8 Å². The minimum absolute atomic E-state index is 0.0478. The summed E-state index contributed by atoms with van der Waals surface area (Å²) < 4.78 is 0. The fourth-order valence-electron chi connectivity index (χ4n) is 1.27. The van der Waals surface area contributed by atoms with E-state index in [2.05, 4.69) is 5.32 Å². The van der Waals surface area contributed by atoms with Gasteiger partial charge >= 0.3 is 6.03 Å². The van der Waals surface area contributed by atoms with E-state index in [-0.39, 0.29) is 12.1 Å². The number of hydrogen-bond donors (Lipinski definition) is 2. The highest BCUT2D eigenvalue weighted by atomic mass is 16.3. The quantitative estimate of drug-likeness (QED) is 0.624. The summed E-state index contributed by atoms with van der Waals surface area (Å²) in [6, 6.07) is -0.0478. The molecule has 0 saturated carbocycles. The average Bonchev–Trinajstić information content (AvgIpc) is 2.47. The van der Waals surface area contributed by atoms with E-state index < -0.39 is 0 Å². The van der Waals surface area contributed by atoms with E-state index >= 15 is 0 Å². The molecule has 0 radical (unpaired) electrons. The Labute approximate surface area is 72.6 Å². The van der Waals surface area contributed by atoms with Crippen LogP contribution in [0.4, 0.5) is 4.79 Å². The summed E-state index contributed by atoms with van der Waals surface area (Å²) in [6.07, 6.45) is 1.33. The van der Waals surface area contributed by atoms with Crippen molar-refractivity contribution in [2.75, 3.05) is 19.6 Å². The summed E-state index contributed by atoms with van der Waals surface area (Å²) >= 11 is 0. The fourth-order valence-corrected chi connectivity index (χ4v) is 1.27. The lowest BCUT2D eigenvalue weighted by molar-refractivity contribution is 0.172. The summed E-state index contributed by atoms with van der Waals surface area (Å²) in [5, 5.41) is 11.9. The highest BCUT2D eigenvalue weighted by Crippen LogP contribution is 2.07. The molecule has 1 fully saturated rings. The Bertz CT molecular complexity index is 161. The van der Waals surface area contributed by atoms with Crippen molar-refractivity contribution in [1.82, 2.24) is 10.2 Å². The van der Waals surface area contributed by atoms with Crippen molar-refractivity contribution >= 4 is 6.03 Å². The molecule has 70 valence electrons. The van der Waals surface area contributed by atoms with Crippen LogP contribution in [0.25, 0.3) is 0 Å². The molecule has 1 rings (SSSR count). The van der Waals surface area contributed by atoms with Gasteiger partial charge in [-0.2, -0.15) is 0 Å². The standard InChI is InChI=1S/C8H16N2O2/c1-2-4-9-8(12)10-5-3-7(11)6-10/h7,11H,2-6H2,1H3,(H,9,12). The van der Waals surface area contributed by atoms with E-state index in [0.717, 1.165) is 6.42 Å². The van der Waals surface area contributed by atoms with Gasteiger partial charge in [0.1, 0.15) is 0 Å². The average molecular weight is 172 g/mol. The molecule has 0 bridgehead atoms. The molecule has 12 heavy (non-hydrogen) atoms. The maximum atomic E-state index is 11.3. The maximum Gasteiger partial charge on any atom is 0.317 e. The van der Waals surface area contributed by atoms with Crippen molar-refractivity contribution in [2.24, 2.45) is 0 Å². The van der Waals surface area contributed by atoms with Crippen molar-refractivity contribution in [3.8, 4) is 0 Å². The van der Waals surface area contributed by atoms with Crippen LogP contribution in [0.5, 0.6) is 0 Å². The Balaban J connectivity index is 2.23. The first-order valence-electron chi connectivity index (χ1n) is 4.45. The first-order valence-corrected chi connectivity index (χ1v) is 4.45. The van der Waals surface area contributed by atoms with Crippen molar-refractivity contribution < 1.29 is 9.90 Å². The smallest absolute Gasteiger partial charge is 0.317 e. The molecule has 0 aromatic rings. The molecule has 0 aromatic carbocycles. The predicted octanol–water partition coefficient (Wildman–Crippen LogP) is 0.173. The van der Waals surface area contributed by atoms with Crippen LogP contribution in [0.15, 0.2) is 0 Å². The van der Waals surface area contributed by atoms with Gasteiger partial charge in [-0.25, -0.2) is 4.79 Å². The molecule has 1 aliphatic heterocycles. The highest BCUT2D eigenvalue weighted by molar-refractivity contribution is 5.74. The van der Waals surface area contributed by atoms with Gasteiger partial charge in [0.25, 0.3) is 0 Å². The molecule has 1 aliphatic rings. The zero-order valence-corrected chi connectivity index (χ0v) is 7.42. The van der Waals surface area contributed by atoms with Crippen LogP contribution in [0.1, 0.15) is 19.8 Å². The second-order valence-electron chi connectivity index (χ2n) is 3.12. The number of aliphatic hydroxyl groups excluding tert-OH is 1. The number of rotatable bonds is 2. The Morgan fingerprint density at radius 3 is 3.00 bits per heavy atom. The number of likely N-dealkylation sites (tertiary alicyclic amines) is 1. The monoisotopic (exact) mass is 172 g/mol. The Kier molecular flexibility index (Phi) is 3.34. The van der Waals surface area contributed by atoms with Crippen LogP contribution in [0, 0.1) is 0 Å². The zero-order chi connectivity index (χ0) is 8.97. The van der Waals surface area contributed by atoms with Gasteiger partial charge in [-0.15, -0.1) is 0 Å². The second kappa shape index (κ2) is 4.30. The van der Waals surface area contributed by atoms with Crippen LogP contribution < -0.4 is 5.32 Å². The number of carbonyl (C=O) groups excluding carboxylic acids is 1. The molecule has 2 amide bonds. The fraction of sp³-hybridized carbons (Fsp3) is 0.875. The lowest BCUT2D eigenvalue weighted by Crippen LogP contribution is -2.39. The molecule has 1 heterocycles. The number of carbonyl (C=O) groups is 1. The van der Waals surface area contributed by atoms with E-state index in [0.29, 0.717) is 26.1 Å². The van der Waals surface area contributed by atoms with Gasteiger partial charge in [-0.1, -0.05) is 6.92 Å². The van der Waals surface area contributed by atoms with Gasteiger partial charge in [0.05, 0.1) is 6.10 Å². The van der Waals surface area contributed by atoms with Crippen LogP contribution in [0.3, 0.4) is 0 Å². The first kappa shape index (κ1) is 9.32. The van der Waals surface area contributed by atoms with E-state index in [9.17, 15) is 4.79 Å². The summed E-state index contributed by atoms with van der Waals surface area (Å²) in [5.41, 5.74) is 0. The summed E-state index contributed by atoms with van der Waals surface area (Å²) in [4.78, 5) is 12.9. The zero-order valence-electron chi connectivity index (χ0n) is 7.42. The number of hydrogen-bond acceptors (Lipinski definition) is 2. The number of β-amino-alcohol motifs (C(OH)–C–C–N with tert-alkyl or cyclic N) is 1. The van der Waals surface area contributed by atoms with Crippen LogP contribution in [0.2, 0.25) is 0 Å². The molecular formula is C8H16N2O2. The third-order valence-electron chi connectivity index (χ3n) is 1.98. The van der Waals surface area contributed by atoms with E-state index in [4.69, 9.17) is 5.11 Å². The third-order valence-corrected chi connectivity index (χ3v) is 1.98. The molecule has 4 nitrogen and oxygen atoms in total. The van der Waals surface area contributed by atoms with Gasteiger partial charge in [0.2, 0.25) is 0 Å². The molecular weight excluding hydrogens is 156 g/mol. The number of amides is 2. The Morgan fingerprint density at radius 1 is 1.75 bits per heavy atom. The van der Waals surface area contributed by atoms with Gasteiger partial charge in [-0.3, -0.25) is 0 Å². The summed E-state index contributed by atoms with van der Waals surface area (Å²) in [7, 11) is 0. The van der Waals surface area contributed by atoms with Crippen LogP contribution >= 0.6 is 0 Å². The van der Waals surface area contributed by atoms with Crippen molar-refractivity contribution in [3.05, 3.63) is 0 Å². The largest absolute Gasteiger partial charge is 0.391 e. The van der Waals surface area contributed by atoms with Crippen molar-refractivity contribution in [3.63, 3.8) is 0 Å². The molecule has 1 saturated heterocycles. The van der Waals surface area contributed by atoms with E-state index in [1.54, 1.807) is 4.90 Å². The first-order chi connectivity index (χ1) is 5.74. The maximum absolute atomic E-state index is 11.3. The van der Waals surface area contributed by atoms with Gasteiger partial charge in [0, 0.05) is 19.6 Å². The van der Waals surface area contributed by atoms with Crippen molar-refractivity contribution in [2.45, 2.75) is 25.9 Å². The van der Waals surface area contributed by atoms with Crippen LogP contribution in [-0.4, -0.2) is 41.8 Å². The second-order valence-corrected chi connectivity index (χ2v) is 3.12. The SMILES string of the molecule is CCCNC(=O)N1CCC(O)C1. The summed E-state index contributed by atoms with van der Waals surface area (Å²) in [5.74, 6) is 0. The van der Waals surface area contributed by atoms with Crippen molar-refractivity contribution in [1.29, 1.82) is 0 Å². The Morgan fingerprint density at radius 2 is 2.50 bits per heavy atom. The Hall–Kier alpha value is -0.770. The van der Waals surface area contributed by atoms with E-state index in [1.165, 1.54) is 0 Å². The highest BCUT2D eigenvalue weighted by Gasteiger charge is 2.23. The number of nitrogens with zero attached hydrogens (tertiary/aromatic N) is 1. The molecule has 2 N–H and O–H groups in total.